The number of aryl methyl sites for hydroxylation is 1. The first-order valence-corrected chi connectivity index (χ1v) is 6.59. The van der Waals surface area contributed by atoms with Crippen LogP contribution in [0, 0.1) is 0 Å². The average molecular weight is 274 g/mol. The van der Waals surface area contributed by atoms with Crippen LogP contribution >= 0.6 is 0 Å². The number of benzene rings is 1. The smallest absolute Gasteiger partial charge is 0.251 e. The van der Waals surface area contributed by atoms with Crippen molar-refractivity contribution < 1.29 is 14.1 Å². The van der Waals surface area contributed by atoms with Gasteiger partial charge in [-0.1, -0.05) is 18.5 Å². The van der Waals surface area contributed by atoms with Crippen LogP contribution in [0.3, 0.4) is 0 Å². The topological polar surface area (TPSA) is 64.4 Å². The molecule has 5 heteroatoms. The normalized spacial score (nSPS) is 10.3. The number of hydrogen-bond acceptors (Lipinski definition) is 4. The van der Waals surface area contributed by atoms with Crippen molar-refractivity contribution in [2.45, 2.75) is 26.3 Å². The molecule has 0 saturated heterocycles. The summed E-state index contributed by atoms with van der Waals surface area (Å²) in [5.74, 6) is 1.23. The van der Waals surface area contributed by atoms with Crippen LogP contribution < -0.4 is 10.1 Å². The highest BCUT2D eigenvalue weighted by atomic mass is 16.5. The van der Waals surface area contributed by atoms with Gasteiger partial charge in [-0.3, -0.25) is 4.79 Å². The number of ether oxygens (including phenoxy) is 1. The Balaban J connectivity index is 1.90. The van der Waals surface area contributed by atoms with Crippen LogP contribution in [0.5, 0.6) is 5.75 Å². The molecule has 2 aromatic rings. The van der Waals surface area contributed by atoms with E-state index >= 15 is 0 Å². The molecule has 106 valence electrons. The minimum atomic E-state index is -0.152. The Morgan fingerprint density at radius 3 is 2.75 bits per heavy atom. The van der Waals surface area contributed by atoms with Crippen molar-refractivity contribution in [2.75, 3.05) is 7.11 Å². The zero-order valence-electron chi connectivity index (χ0n) is 11.7. The van der Waals surface area contributed by atoms with Gasteiger partial charge in [-0.15, -0.1) is 0 Å². The van der Waals surface area contributed by atoms with Crippen molar-refractivity contribution >= 4 is 5.91 Å². The number of nitrogens with one attached hydrogen (secondary N) is 1. The molecule has 1 N–H and O–H groups in total. The molecule has 1 aromatic carbocycles. The molecule has 0 aliphatic heterocycles. The third kappa shape index (κ3) is 3.60. The molecule has 1 aromatic heterocycles. The second-order valence-electron chi connectivity index (χ2n) is 4.45. The van der Waals surface area contributed by atoms with E-state index in [1.54, 1.807) is 31.4 Å². The summed E-state index contributed by atoms with van der Waals surface area (Å²) in [5.41, 5.74) is 1.50. The van der Waals surface area contributed by atoms with Crippen LogP contribution in [0.15, 0.2) is 34.9 Å². The first-order valence-electron chi connectivity index (χ1n) is 6.59. The van der Waals surface area contributed by atoms with E-state index in [0.29, 0.717) is 17.9 Å². The van der Waals surface area contributed by atoms with Gasteiger partial charge in [0, 0.05) is 11.6 Å². The third-order valence-electron chi connectivity index (χ3n) is 2.89. The van der Waals surface area contributed by atoms with Gasteiger partial charge >= 0.3 is 0 Å². The van der Waals surface area contributed by atoms with Crippen LogP contribution in [-0.2, 0) is 13.0 Å². The maximum atomic E-state index is 11.9. The molecule has 0 aliphatic rings. The van der Waals surface area contributed by atoms with E-state index in [-0.39, 0.29) is 5.91 Å². The lowest BCUT2D eigenvalue weighted by Crippen LogP contribution is -2.22. The monoisotopic (exact) mass is 274 g/mol. The van der Waals surface area contributed by atoms with Crippen molar-refractivity contribution in [3.05, 3.63) is 47.3 Å². The lowest BCUT2D eigenvalue weighted by molar-refractivity contribution is 0.0947. The lowest BCUT2D eigenvalue weighted by atomic mass is 10.2. The fourth-order valence-electron chi connectivity index (χ4n) is 1.82. The van der Waals surface area contributed by atoms with Crippen LogP contribution in [0.1, 0.15) is 35.2 Å². The number of amides is 1. The van der Waals surface area contributed by atoms with E-state index < -0.39 is 0 Å². The largest absolute Gasteiger partial charge is 0.497 e. The molecule has 0 fully saturated rings. The Bertz CT molecular complexity index is 561. The van der Waals surface area contributed by atoms with Crippen molar-refractivity contribution in [2.24, 2.45) is 0 Å². The standard InChI is InChI=1S/C15H18N2O3/c1-3-4-12-9-14(20-17-12)10-16-15(18)11-5-7-13(19-2)8-6-11/h5-9H,3-4,10H2,1-2H3,(H,16,18). The minimum absolute atomic E-state index is 0.152. The molecule has 0 saturated carbocycles. The molecular formula is C15H18N2O3. The molecule has 0 radical (unpaired) electrons. The molecule has 0 spiro atoms. The van der Waals surface area contributed by atoms with E-state index in [0.717, 1.165) is 24.3 Å². The van der Waals surface area contributed by atoms with Gasteiger partial charge in [0.05, 0.1) is 19.3 Å². The Morgan fingerprint density at radius 2 is 2.10 bits per heavy atom. The van der Waals surface area contributed by atoms with Gasteiger partial charge in [0.2, 0.25) is 0 Å². The third-order valence-corrected chi connectivity index (χ3v) is 2.89. The Hall–Kier alpha value is -2.30. The Kier molecular flexibility index (Phi) is 4.76. The van der Waals surface area contributed by atoms with E-state index in [2.05, 4.69) is 17.4 Å². The van der Waals surface area contributed by atoms with Gasteiger partial charge in [0.25, 0.3) is 5.91 Å². The van der Waals surface area contributed by atoms with Gasteiger partial charge in [-0.2, -0.15) is 0 Å². The summed E-state index contributed by atoms with van der Waals surface area (Å²) in [6.45, 7) is 2.42. The first-order chi connectivity index (χ1) is 9.72. The number of aromatic nitrogens is 1. The first kappa shape index (κ1) is 14.1. The van der Waals surface area contributed by atoms with Crippen LogP contribution in [-0.4, -0.2) is 18.2 Å². The highest BCUT2D eigenvalue weighted by molar-refractivity contribution is 5.94. The number of carbonyl (C=O) groups excluding carboxylic acids is 1. The van der Waals surface area contributed by atoms with Crippen molar-refractivity contribution in [1.82, 2.24) is 10.5 Å². The SMILES string of the molecule is CCCc1cc(CNC(=O)c2ccc(OC)cc2)on1. The molecule has 5 nitrogen and oxygen atoms in total. The summed E-state index contributed by atoms with van der Waals surface area (Å²) in [6, 6.07) is 8.82. The predicted molar refractivity (Wildman–Crippen MR) is 74.7 cm³/mol. The lowest BCUT2D eigenvalue weighted by Gasteiger charge is -2.04. The summed E-state index contributed by atoms with van der Waals surface area (Å²) < 4.78 is 10.2. The fourth-order valence-corrected chi connectivity index (χ4v) is 1.82. The summed E-state index contributed by atoms with van der Waals surface area (Å²) in [5, 5.41) is 6.73. The minimum Gasteiger partial charge on any atom is -0.497 e. The maximum absolute atomic E-state index is 11.9. The van der Waals surface area contributed by atoms with Gasteiger partial charge in [0.15, 0.2) is 5.76 Å². The van der Waals surface area contributed by atoms with Gasteiger partial charge in [0.1, 0.15) is 5.75 Å². The van der Waals surface area contributed by atoms with E-state index in [4.69, 9.17) is 9.26 Å². The maximum Gasteiger partial charge on any atom is 0.251 e. The Labute approximate surface area is 117 Å². The molecule has 1 amide bonds. The van der Waals surface area contributed by atoms with Crippen LogP contribution in [0.2, 0.25) is 0 Å². The van der Waals surface area contributed by atoms with Crippen molar-refractivity contribution in [3.8, 4) is 5.75 Å². The van der Waals surface area contributed by atoms with E-state index in [1.807, 2.05) is 6.07 Å². The highest BCUT2D eigenvalue weighted by Gasteiger charge is 2.08. The van der Waals surface area contributed by atoms with E-state index in [9.17, 15) is 4.79 Å². The predicted octanol–water partition coefficient (Wildman–Crippen LogP) is 2.57. The quantitative estimate of drug-likeness (QED) is 0.879. The number of rotatable bonds is 6. The summed E-state index contributed by atoms with van der Waals surface area (Å²) in [6.07, 6.45) is 1.90. The van der Waals surface area contributed by atoms with Gasteiger partial charge in [-0.25, -0.2) is 0 Å². The summed E-state index contributed by atoms with van der Waals surface area (Å²) in [4.78, 5) is 11.9. The zero-order valence-corrected chi connectivity index (χ0v) is 11.7. The molecule has 0 atom stereocenters. The van der Waals surface area contributed by atoms with Crippen LogP contribution in [0.4, 0.5) is 0 Å². The fraction of sp³-hybridized carbons (Fsp3) is 0.333. The van der Waals surface area contributed by atoms with Crippen LogP contribution in [0.25, 0.3) is 0 Å². The van der Waals surface area contributed by atoms with Crippen molar-refractivity contribution in [3.63, 3.8) is 0 Å². The summed E-state index contributed by atoms with van der Waals surface area (Å²) in [7, 11) is 1.59. The molecule has 2 rings (SSSR count). The highest BCUT2D eigenvalue weighted by Crippen LogP contribution is 2.11. The molecule has 0 bridgehead atoms. The summed E-state index contributed by atoms with van der Waals surface area (Å²) >= 11 is 0. The number of methoxy groups -OCH3 is 1. The molecule has 1 heterocycles. The van der Waals surface area contributed by atoms with Gasteiger partial charge < -0.3 is 14.6 Å². The number of hydrogen-bond donors (Lipinski definition) is 1. The molecular weight excluding hydrogens is 256 g/mol. The van der Waals surface area contributed by atoms with Crippen molar-refractivity contribution in [1.29, 1.82) is 0 Å². The number of nitrogens with zero attached hydrogens (tertiary/aromatic N) is 1. The molecule has 0 unspecified atom stereocenters. The second-order valence-corrected chi connectivity index (χ2v) is 4.45. The number of carbonyl (C=O) groups is 1. The van der Waals surface area contributed by atoms with E-state index in [1.165, 1.54) is 0 Å². The van der Waals surface area contributed by atoms with Gasteiger partial charge in [-0.05, 0) is 30.7 Å². The second kappa shape index (κ2) is 6.75. The molecule has 0 aliphatic carbocycles. The average Bonchev–Trinajstić information content (AvgIpc) is 2.93. The zero-order chi connectivity index (χ0) is 14.4. The Morgan fingerprint density at radius 1 is 1.35 bits per heavy atom. The molecule has 20 heavy (non-hydrogen) atoms.